The maximum Gasteiger partial charge on any atom is 0.0432 e. The van der Waals surface area contributed by atoms with Crippen molar-refractivity contribution in [1.82, 2.24) is 0 Å². The van der Waals surface area contributed by atoms with E-state index in [1.54, 1.807) is 0 Å². The van der Waals surface area contributed by atoms with Crippen molar-refractivity contribution < 1.29 is 0 Å². The molecule has 0 saturated heterocycles. The molecule has 1 fully saturated rings. The fourth-order valence-electron chi connectivity index (χ4n) is 2.51. The minimum absolute atomic E-state index is 0.681. The van der Waals surface area contributed by atoms with Gasteiger partial charge < -0.3 is 10.6 Å². The van der Waals surface area contributed by atoms with Gasteiger partial charge in [0.1, 0.15) is 0 Å². The van der Waals surface area contributed by atoms with Crippen molar-refractivity contribution in [3.05, 3.63) is 59.7 Å². The summed E-state index contributed by atoms with van der Waals surface area (Å²) in [6, 6.07) is 17.5. The summed E-state index contributed by atoms with van der Waals surface area (Å²) in [4.78, 5) is 2.50. The number of anilines is 2. The first-order valence-electron chi connectivity index (χ1n) is 6.91. The largest absolute Gasteiger partial charge is 0.399 e. The van der Waals surface area contributed by atoms with Crippen LogP contribution in [0, 0.1) is 6.92 Å². The minimum atomic E-state index is 0.681. The lowest BCUT2D eigenvalue weighted by molar-refractivity contribution is 0.791. The van der Waals surface area contributed by atoms with Crippen LogP contribution in [0.1, 0.15) is 24.0 Å². The van der Waals surface area contributed by atoms with Crippen molar-refractivity contribution >= 4 is 11.4 Å². The maximum atomic E-state index is 5.95. The van der Waals surface area contributed by atoms with E-state index in [-0.39, 0.29) is 0 Å². The van der Waals surface area contributed by atoms with E-state index >= 15 is 0 Å². The standard InChI is InChI=1S/C17H20N2/c1-13-7-8-15(18)11-17(13)19(16-9-10-16)12-14-5-3-2-4-6-14/h2-8,11,16H,9-10,12,18H2,1H3. The van der Waals surface area contributed by atoms with Gasteiger partial charge in [0, 0.05) is 24.0 Å². The molecule has 0 unspecified atom stereocenters. The minimum Gasteiger partial charge on any atom is -0.399 e. The summed E-state index contributed by atoms with van der Waals surface area (Å²) in [6.45, 7) is 3.13. The highest BCUT2D eigenvalue weighted by Gasteiger charge is 2.30. The highest BCUT2D eigenvalue weighted by molar-refractivity contribution is 5.62. The van der Waals surface area contributed by atoms with Crippen LogP contribution in [0.3, 0.4) is 0 Å². The lowest BCUT2D eigenvalue weighted by Gasteiger charge is -2.27. The van der Waals surface area contributed by atoms with E-state index in [2.05, 4.69) is 54.3 Å². The van der Waals surface area contributed by atoms with E-state index in [0.717, 1.165) is 12.2 Å². The molecule has 0 spiro atoms. The first-order valence-corrected chi connectivity index (χ1v) is 6.91. The van der Waals surface area contributed by atoms with Gasteiger partial charge in [-0.1, -0.05) is 36.4 Å². The number of nitrogen functional groups attached to an aromatic ring is 1. The zero-order valence-corrected chi connectivity index (χ0v) is 11.3. The number of aryl methyl sites for hydroxylation is 1. The molecule has 0 aromatic heterocycles. The molecule has 1 aliphatic rings. The molecule has 0 aliphatic heterocycles. The van der Waals surface area contributed by atoms with Crippen LogP contribution in [0.15, 0.2) is 48.5 Å². The summed E-state index contributed by atoms with van der Waals surface area (Å²) in [5, 5.41) is 0. The zero-order valence-electron chi connectivity index (χ0n) is 11.3. The van der Waals surface area contributed by atoms with Crippen molar-refractivity contribution in [3.8, 4) is 0 Å². The monoisotopic (exact) mass is 252 g/mol. The Hall–Kier alpha value is -1.96. The number of nitrogens with two attached hydrogens (primary N) is 1. The molecule has 1 saturated carbocycles. The Kier molecular flexibility index (Phi) is 3.16. The van der Waals surface area contributed by atoms with Crippen LogP contribution in [-0.4, -0.2) is 6.04 Å². The average molecular weight is 252 g/mol. The third kappa shape index (κ3) is 2.73. The maximum absolute atomic E-state index is 5.95. The highest BCUT2D eigenvalue weighted by Crippen LogP contribution is 2.35. The predicted molar refractivity (Wildman–Crippen MR) is 81.2 cm³/mol. The van der Waals surface area contributed by atoms with E-state index in [1.807, 2.05) is 6.07 Å². The Morgan fingerprint density at radius 3 is 2.53 bits per heavy atom. The summed E-state index contributed by atoms with van der Waals surface area (Å²) in [7, 11) is 0. The Labute approximate surface area is 114 Å². The van der Waals surface area contributed by atoms with Gasteiger partial charge in [0.2, 0.25) is 0 Å². The van der Waals surface area contributed by atoms with Gasteiger partial charge in [0.05, 0.1) is 0 Å². The van der Waals surface area contributed by atoms with Crippen LogP contribution in [0.25, 0.3) is 0 Å². The number of rotatable bonds is 4. The van der Waals surface area contributed by atoms with E-state index < -0.39 is 0 Å². The van der Waals surface area contributed by atoms with E-state index in [1.165, 1.54) is 29.7 Å². The van der Waals surface area contributed by atoms with Gasteiger partial charge >= 0.3 is 0 Å². The molecule has 2 heteroatoms. The lowest BCUT2D eigenvalue weighted by Crippen LogP contribution is -2.25. The molecular weight excluding hydrogens is 232 g/mol. The van der Waals surface area contributed by atoms with Gasteiger partial charge in [-0.25, -0.2) is 0 Å². The number of hydrogen-bond acceptors (Lipinski definition) is 2. The summed E-state index contributed by atoms with van der Waals surface area (Å²) in [6.07, 6.45) is 2.59. The summed E-state index contributed by atoms with van der Waals surface area (Å²) >= 11 is 0. The molecule has 2 nitrogen and oxygen atoms in total. The second kappa shape index (κ2) is 4.96. The second-order valence-electron chi connectivity index (χ2n) is 5.39. The zero-order chi connectivity index (χ0) is 13.2. The van der Waals surface area contributed by atoms with Gasteiger partial charge in [-0.3, -0.25) is 0 Å². The Balaban J connectivity index is 1.91. The molecule has 2 aromatic carbocycles. The molecule has 0 heterocycles. The quantitative estimate of drug-likeness (QED) is 0.840. The Bertz CT molecular complexity index is 559. The van der Waals surface area contributed by atoms with E-state index in [9.17, 15) is 0 Å². The molecule has 0 bridgehead atoms. The number of hydrogen-bond donors (Lipinski definition) is 1. The van der Waals surface area contributed by atoms with Crippen LogP contribution in [0.4, 0.5) is 11.4 Å². The topological polar surface area (TPSA) is 29.3 Å². The van der Waals surface area contributed by atoms with Crippen molar-refractivity contribution in [2.24, 2.45) is 0 Å². The van der Waals surface area contributed by atoms with Crippen LogP contribution in [-0.2, 0) is 6.54 Å². The van der Waals surface area contributed by atoms with Crippen molar-refractivity contribution in [3.63, 3.8) is 0 Å². The Morgan fingerprint density at radius 1 is 1.11 bits per heavy atom. The molecule has 0 atom stereocenters. The highest BCUT2D eigenvalue weighted by atomic mass is 15.2. The van der Waals surface area contributed by atoms with Crippen LogP contribution >= 0.6 is 0 Å². The first-order chi connectivity index (χ1) is 9.24. The van der Waals surface area contributed by atoms with Crippen molar-refractivity contribution in [1.29, 1.82) is 0 Å². The van der Waals surface area contributed by atoms with Crippen molar-refractivity contribution in [2.45, 2.75) is 32.4 Å². The smallest absolute Gasteiger partial charge is 0.0432 e. The van der Waals surface area contributed by atoms with Gasteiger partial charge in [0.15, 0.2) is 0 Å². The van der Waals surface area contributed by atoms with Crippen LogP contribution < -0.4 is 10.6 Å². The molecule has 1 aliphatic carbocycles. The molecule has 3 rings (SSSR count). The molecule has 19 heavy (non-hydrogen) atoms. The van der Waals surface area contributed by atoms with Gasteiger partial charge in [-0.15, -0.1) is 0 Å². The molecule has 2 aromatic rings. The Morgan fingerprint density at radius 2 is 1.84 bits per heavy atom. The number of benzene rings is 2. The summed E-state index contributed by atoms with van der Waals surface area (Å²) in [5.74, 6) is 0. The van der Waals surface area contributed by atoms with Gasteiger partial charge in [-0.05, 0) is 43.0 Å². The molecular formula is C17H20N2. The fourth-order valence-corrected chi connectivity index (χ4v) is 2.51. The third-order valence-corrected chi connectivity index (χ3v) is 3.73. The fraction of sp³-hybridized carbons (Fsp3) is 0.294. The van der Waals surface area contributed by atoms with Crippen molar-refractivity contribution in [2.75, 3.05) is 10.6 Å². The lowest BCUT2D eigenvalue weighted by atomic mass is 10.1. The number of nitrogens with zero attached hydrogens (tertiary/aromatic N) is 1. The molecule has 0 amide bonds. The van der Waals surface area contributed by atoms with Gasteiger partial charge in [0.25, 0.3) is 0 Å². The molecule has 98 valence electrons. The summed E-state index contributed by atoms with van der Waals surface area (Å²) < 4.78 is 0. The predicted octanol–water partition coefficient (Wildman–Crippen LogP) is 3.75. The van der Waals surface area contributed by atoms with Gasteiger partial charge in [-0.2, -0.15) is 0 Å². The third-order valence-electron chi connectivity index (χ3n) is 3.73. The average Bonchev–Trinajstić information content (AvgIpc) is 3.25. The van der Waals surface area contributed by atoms with E-state index in [4.69, 9.17) is 5.73 Å². The summed E-state index contributed by atoms with van der Waals surface area (Å²) in [5.41, 5.74) is 10.7. The van der Waals surface area contributed by atoms with Crippen LogP contribution in [0.2, 0.25) is 0 Å². The van der Waals surface area contributed by atoms with E-state index in [0.29, 0.717) is 6.04 Å². The van der Waals surface area contributed by atoms with Crippen LogP contribution in [0.5, 0.6) is 0 Å². The molecule has 0 radical (unpaired) electrons. The SMILES string of the molecule is Cc1ccc(N)cc1N(Cc1ccccc1)C1CC1. The second-order valence-corrected chi connectivity index (χ2v) is 5.39. The normalized spacial score (nSPS) is 14.4. The first kappa shape index (κ1) is 12.1. The molecule has 2 N–H and O–H groups in total.